The average Bonchev–Trinajstić information content (AvgIpc) is 2.11. The van der Waals surface area contributed by atoms with Crippen LogP contribution in [0.25, 0.3) is 0 Å². The van der Waals surface area contributed by atoms with Gasteiger partial charge in [-0.2, -0.15) is 0 Å². The van der Waals surface area contributed by atoms with E-state index in [9.17, 15) is 0 Å². The Bertz CT molecular complexity index is 219. The Labute approximate surface area is 65.9 Å². The molecular weight excluding hydrogens is 142 g/mol. The monoisotopic (exact) mass is 156 g/mol. The summed E-state index contributed by atoms with van der Waals surface area (Å²) in [4.78, 5) is 1.41. The molecule has 0 aliphatic heterocycles. The van der Waals surface area contributed by atoms with Crippen LogP contribution in [-0.4, -0.2) is 0 Å². The highest BCUT2D eigenvalue weighted by atomic mass is 32.1. The van der Waals surface area contributed by atoms with Crippen LogP contribution in [0, 0.1) is 0 Å². The van der Waals surface area contributed by atoms with E-state index in [1.807, 2.05) is 0 Å². The van der Waals surface area contributed by atoms with Crippen molar-refractivity contribution in [2.75, 3.05) is 0 Å². The zero-order chi connectivity index (χ0) is 7.78. The van der Waals surface area contributed by atoms with E-state index in [4.69, 9.17) is 0 Å². The number of hydrogen-bond donors (Lipinski definition) is 1. The molecule has 0 saturated carbocycles. The fourth-order valence-corrected chi connectivity index (χ4v) is 1.69. The lowest BCUT2D eigenvalue weighted by molar-refractivity contribution is -0.254. The van der Waals surface area contributed by atoms with Crippen LogP contribution in [0.3, 0.4) is 0 Å². The molecule has 1 aromatic heterocycles. The number of hydrogen-bond acceptors (Lipinski definition) is 1. The van der Waals surface area contributed by atoms with Crippen LogP contribution in [0.5, 0.6) is 0 Å². The smallest absolute Gasteiger partial charge is 0.139 e. The molecule has 56 valence electrons. The van der Waals surface area contributed by atoms with Gasteiger partial charge in [0.15, 0.2) is 0 Å². The molecule has 3 N–H and O–H groups in total. The van der Waals surface area contributed by atoms with E-state index in [1.165, 1.54) is 4.88 Å². The molecule has 0 aliphatic rings. The average molecular weight is 156 g/mol. The first-order chi connectivity index (χ1) is 4.50. The van der Waals surface area contributed by atoms with E-state index in [1.54, 1.807) is 11.3 Å². The Balaban J connectivity index is 2.96. The van der Waals surface area contributed by atoms with Crippen LogP contribution < -0.4 is 5.73 Å². The van der Waals surface area contributed by atoms with Crippen molar-refractivity contribution < 1.29 is 5.73 Å². The molecule has 0 fully saturated rings. The first-order valence-electron chi connectivity index (χ1n) is 3.41. The molecule has 1 aromatic rings. The summed E-state index contributed by atoms with van der Waals surface area (Å²) in [5.41, 5.74) is 5.29. The van der Waals surface area contributed by atoms with Crippen molar-refractivity contribution in [1.29, 1.82) is 0 Å². The second-order valence-corrected chi connectivity index (χ2v) is 4.48. The SMILES string of the molecule is CC(C)(C)c1cc([NH3+])cs1. The summed E-state index contributed by atoms with van der Waals surface area (Å²) in [6.07, 6.45) is 0. The van der Waals surface area contributed by atoms with Gasteiger partial charge in [-0.05, 0) is 5.41 Å². The molecule has 10 heavy (non-hydrogen) atoms. The summed E-state index contributed by atoms with van der Waals surface area (Å²) in [5, 5.41) is 2.10. The molecule has 0 unspecified atom stereocenters. The van der Waals surface area contributed by atoms with Gasteiger partial charge < -0.3 is 5.73 Å². The van der Waals surface area contributed by atoms with Gasteiger partial charge >= 0.3 is 0 Å². The molecule has 0 aromatic carbocycles. The number of thiophene rings is 1. The third kappa shape index (κ3) is 1.58. The molecule has 0 aliphatic carbocycles. The van der Waals surface area contributed by atoms with E-state index in [0.717, 1.165) is 5.69 Å². The summed E-state index contributed by atoms with van der Waals surface area (Å²) in [7, 11) is 0. The van der Waals surface area contributed by atoms with Crippen molar-refractivity contribution in [3.63, 3.8) is 0 Å². The van der Waals surface area contributed by atoms with Crippen LogP contribution in [0.4, 0.5) is 5.69 Å². The molecule has 0 radical (unpaired) electrons. The lowest BCUT2D eigenvalue weighted by Crippen LogP contribution is -2.39. The van der Waals surface area contributed by atoms with Crippen LogP contribution in [0.15, 0.2) is 11.4 Å². The van der Waals surface area contributed by atoms with E-state index < -0.39 is 0 Å². The topological polar surface area (TPSA) is 27.6 Å². The molecule has 0 spiro atoms. The van der Waals surface area contributed by atoms with Gasteiger partial charge in [0, 0.05) is 10.9 Å². The van der Waals surface area contributed by atoms with Crippen molar-refractivity contribution in [2.24, 2.45) is 0 Å². The second-order valence-electron chi connectivity index (χ2n) is 3.57. The van der Waals surface area contributed by atoms with Crippen LogP contribution in [0.1, 0.15) is 25.6 Å². The van der Waals surface area contributed by atoms with E-state index in [2.05, 4.69) is 38.0 Å². The van der Waals surface area contributed by atoms with Crippen LogP contribution >= 0.6 is 11.3 Å². The fraction of sp³-hybridized carbons (Fsp3) is 0.500. The van der Waals surface area contributed by atoms with Crippen molar-refractivity contribution >= 4 is 17.0 Å². The van der Waals surface area contributed by atoms with E-state index in [-0.39, 0.29) is 0 Å². The van der Waals surface area contributed by atoms with Crippen molar-refractivity contribution in [3.05, 3.63) is 16.3 Å². The number of rotatable bonds is 0. The molecular formula is C8H14NS+. The third-order valence-electron chi connectivity index (χ3n) is 1.39. The van der Waals surface area contributed by atoms with Gasteiger partial charge in [-0.15, -0.1) is 11.3 Å². The molecule has 0 amide bonds. The third-order valence-corrected chi connectivity index (χ3v) is 2.80. The predicted octanol–water partition coefficient (Wildman–Crippen LogP) is 1.92. The maximum atomic E-state index is 3.87. The molecule has 0 atom stereocenters. The second kappa shape index (κ2) is 2.36. The van der Waals surface area contributed by atoms with Crippen LogP contribution in [-0.2, 0) is 5.41 Å². The summed E-state index contributed by atoms with van der Waals surface area (Å²) < 4.78 is 0. The summed E-state index contributed by atoms with van der Waals surface area (Å²) in [6, 6.07) is 2.16. The largest absolute Gasteiger partial charge is 0.324 e. The molecule has 1 rings (SSSR count). The Kier molecular flexibility index (Phi) is 1.84. The van der Waals surface area contributed by atoms with Gasteiger partial charge in [0.1, 0.15) is 5.69 Å². The maximum absolute atomic E-state index is 3.87. The zero-order valence-electron chi connectivity index (χ0n) is 6.77. The van der Waals surface area contributed by atoms with Gasteiger partial charge in [0.2, 0.25) is 0 Å². The van der Waals surface area contributed by atoms with E-state index in [0.29, 0.717) is 5.41 Å². The molecule has 2 heteroatoms. The van der Waals surface area contributed by atoms with Gasteiger partial charge in [-0.1, -0.05) is 20.8 Å². The fourth-order valence-electron chi connectivity index (χ4n) is 0.769. The Hall–Kier alpha value is -0.340. The minimum absolute atomic E-state index is 0.292. The Morgan fingerprint density at radius 3 is 2.20 bits per heavy atom. The first-order valence-corrected chi connectivity index (χ1v) is 4.29. The summed E-state index contributed by atoms with van der Waals surface area (Å²) in [5.74, 6) is 0. The van der Waals surface area contributed by atoms with Crippen molar-refractivity contribution in [3.8, 4) is 0 Å². The van der Waals surface area contributed by atoms with E-state index >= 15 is 0 Å². The number of quaternary nitrogens is 1. The van der Waals surface area contributed by atoms with Gasteiger partial charge in [-0.3, -0.25) is 0 Å². The maximum Gasteiger partial charge on any atom is 0.139 e. The quantitative estimate of drug-likeness (QED) is 0.594. The molecule has 0 bridgehead atoms. The minimum atomic E-state index is 0.292. The van der Waals surface area contributed by atoms with Gasteiger partial charge in [0.05, 0.1) is 5.38 Å². The standard InChI is InChI=1S/C8H13NS/c1-8(2,3)7-4-6(9)5-10-7/h4-5H,9H2,1-3H3/p+1. The van der Waals surface area contributed by atoms with Crippen molar-refractivity contribution in [2.45, 2.75) is 26.2 Å². The highest BCUT2D eigenvalue weighted by molar-refractivity contribution is 7.10. The predicted molar refractivity (Wildman–Crippen MR) is 45.6 cm³/mol. The normalized spacial score (nSPS) is 12.0. The highest BCUT2D eigenvalue weighted by Crippen LogP contribution is 2.28. The minimum Gasteiger partial charge on any atom is -0.324 e. The van der Waals surface area contributed by atoms with Crippen LogP contribution in [0.2, 0.25) is 0 Å². The summed E-state index contributed by atoms with van der Waals surface area (Å²) >= 11 is 1.79. The highest BCUT2D eigenvalue weighted by Gasteiger charge is 2.15. The Morgan fingerprint density at radius 1 is 1.40 bits per heavy atom. The molecule has 0 saturated heterocycles. The molecule has 1 heterocycles. The van der Waals surface area contributed by atoms with Crippen molar-refractivity contribution in [1.82, 2.24) is 0 Å². The first kappa shape index (κ1) is 7.76. The summed E-state index contributed by atoms with van der Waals surface area (Å²) in [6.45, 7) is 6.66. The van der Waals surface area contributed by atoms with Gasteiger partial charge in [0.25, 0.3) is 0 Å². The Morgan fingerprint density at radius 2 is 2.00 bits per heavy atom. The van der Waals surface area contributed by atoms with Gasteiger partial charge in [-0.25, -0.2) is 0 Å². The lowest BCUT2D eigenvalue weighted by atomic mass is 9.95. The lowest BCUT2D eigenvalue weighted by Gasteiger charge is -2.14. The zero-order valence-corrected chi connectivity index (χ0v) is 7.59. The molecule has 1 nitrogen and oxygen atoms in total.